The van der Waals surface area contributed by atoms with Gasteiger partial charge >= 0.3 is 0 Å². The minimum absolute atomic E-state index is 0.102. The van der Waals surface area contributed by atoms with Crippen molar-refractivity contribution in [3.63, 3.8) is 0 Å². The molecule has 5 rings (SSSR count). The third-order valence-corrected chi connectivity index (χ3v) is 7.06. The second kappa shape index (κ2) is 10.4. The van der Waals surface area contributed by atoms with Crippen molar-refractivity contribution < 1.29 is 14.3 Å². The maximum absolute atomic E-state index is 13.4. The van der Waals surface area contributed by atoms with Gasteiger partial charge in [-0.2, -0.15) is 0 Å². The fraction of sp³-hybridized carbons (Fsp3) is 0.345. The third-order valence-electron chi connectivity index (χ3n) is 7.06. The summed E-state index contributed by atoms with van der Waals surface area (Å²) >= 11 is 0. The predicted octanol–water partition coefficient (Wildman–Crippen LogP) is 4.38. The minimum atomic E-state index is 0.102. The van der Waals surface area contributed by atoms with Gasteiger partial charge in [-0.15, -0.1) is 0 Å². The van der Waals surface area contributed by atoms with Gasteiger partial charge in [0.15, 0.2) is 11.5 Å². The van der Waals surface area contributed by atoms with E-state index < -0.39 is 0 Å². The zero-order chi connectivity index (χ0) is 24.2. The Bertz CT molecular complexity index is 1180. The molecule has 0 radical (unpaired) electrons. The molecule has 1 unspecified atom stereocenters. The van der Waals surface area contributed by atoms with Crippen LogP contribution in [-0.4, -0.2) is 46.3 Å². The zero-order valence-corrected chi connectivity index (χ0v) is 20.5. The number of rotatable bonds is 7. The predicted molar refractivity (Wildman–Crippen MR) is 140 cm³/mol. The highest BCUT2D eigenvalue weighted by Gasteiger charge is 2.32. The molecule has 0 bridgehead atoms. The Morgan fingerprint density at radius 3 is 2.40 bits per heavy atom. The lowest BCUT2D eigenvalue weighted by Crippen LogP contribution is -2.43. The van der Waals surface area contributed by atoms with Crippen molar-refractivity contribution in [3.05, 3.63) is 83.4 Å². The van der Waals surface area contributed by atoms with Crippen molar-refractivity contribution in [2.75, 3.05) is 50.2 Å². The van der Waals surface area contributed by atoms with Gasteiger partial charge in [0, 0.05) is 44.0 Å². The highest BCUT2D eigenvalue weighted by molar-refractivity contribution is 5.97. The van der Waals surface area contributed by atoms with E-state index in [9.17, 15) is 4.79 Å². The molecule has 0 aliphatic carbocycles. The molecule has 35 heavy (non-hydrogen) atoms. The van der Waals surface area contributed by atoms with Crippen LogP contribution in [0.1, 0.15) is 29.0 Å². The summed E-state index contributed by atoms with van der Waals surface area (Å²) in [5.41, 5.74) is 5.77. The number of piperazine rings is 1. The Hall–Kier alpha value is -3.51. The van der Waals surface area contributed by atoms with Crippen LogP contribution in [0, 0.1) is 0 Å². The molecule has 2 aliphatic rings. The van der Waals surface area contributed by atoms with Crippen LogP contribution in [0.2, 0.25) is 0 Å². The number of methoxy groups -OCH3 is 2. The van der Waals surface area contributed by atoms with Gasteiger partial charge in [-0.3, -0.25) is 4.79 Å². The summed E-state index contributed by atoms with van der Waals surface area (Å²) < 4.78 is 10.9. The number of carbonyl (C=O) groups excluding carboxylic acids is 1. The molecular weight excluding hydrogens is 438 g/mol. The van der Waals surface area contributed by atoms with Crippen molar-refractivity contribution >= 4 is 17.3 Å². The molecule has 0 spiro atoms. The maximum Gasteiger partial charge on any atom is 0.227 e. The number of ether oxygens (including phenoxy) is 2. The van der Waals surface area contributed by atoms with E-state index in [0.29, 0.717) is 24.5 Å². The Balaban J connectivity index is 1.50. The van der Waals surface area contributed by atoms with Gasteiger partial charge in [0.1, 0.15) is 0 Å². The summed E-state index contributed by atoms with van der Waals surface area (Å²) in [5.74, 6) is 1.70. The van der Waals surface area contributed by atoms with Gasteiger partial charge < -0.3 is 24.6 Å². The zero-order valence-electron chi connectivity index (χ0n) is 20.5. The molecule has 182 valence electrons. The number of nitrogens with zero attached hydrogens (tertiary/aromatic N) is 2. The molecule has 1 amide bonds. The Morgan fingerprint density at radius 2 is 1.66 bits per heavy atom. The first kappa shape index (κ1) is 23.2. The third kappa shape index (κ3) is 4.98. The van der Waals surface area contributed by atoms with E-state index >= 15 is 0 Å². The molecular formula is C29H33N3O3. The molecule has 6 heteroatoms. The lowest BCUT2D eigenvalue weighted by molar-refractivity contribution is -0.119. The van der Waals surface area contributed by atoms with Gasteiger partial charge in [0.2, 0.25) is 5.91 Å². The van der Waals surface area contributed by atoms with E-state index in [-0.39, 0.29) is 11.8 Å². The van der Waals surface area contributed by atoms with Gasteiger partial charge in [-0.05, 0) is 59.4 Å². The Morgan fingerprint density at radius 1 is 0.886 bits per heavy atom. The van der Waals surface area contributed by atoms with Crippen LogP contribution in [0.25, 0.3) is 0 Å². The minimum Gasteiger partial charge on any atom is -0.493 e. The summed E-state index contributed by atoms with van der Waals surface area (Å²) in [7, 11) is 3.30. The first-order valence-corrected chi connectivity index (χ1v) is 12.3. The normalized spacial score (nSPS) is 17.8. The summed E-state index contributed by atoms with van der Waals surface area (Å²) in [5, 5.41) is 3.43. The highest BCUT2D eigenvalue weighted by Crippen LogP contribution is 2.41. The van der Waals surface area contributed by atoms with E-state index in [1.807, 2.05) is 35.2 Å². The molecule has 0 saturated carbocycles. The molecule has 1 N–H and O–H groups in total. The first-order chi connectivity index (χ1) is 17.2. The largest absolute Gasteiger partial charge is 0.493 e. The van der Waals surface area contributed by atoms with E-state index in [4.69, 9.17) is 9.47 Å². The number of nitrogens with one attached hydrogen (secondary N) is 1. The van der Waals surface area contributed by atoms with Crippen molar-refractivity contribution in [3.8, 4) is 11.5 Å². The fourth-order valence-electron chi connectivity index (χ4n) is 5.21. The van der Waals surface area contributed by atoms with Crippen molar-refractivity contribution in [1.82, 2.24) is 5.32 Å². The van der Waals surface area contributed by atoms with E-state index in [1.54, 1.807) is 14.2 Å². The van der Waals surface area contributed by atoms with Crippen LogP contribution < -0.4 is 24.6 Å². The molecule has 6 nitrogen and oxygen atoms in total. The van der Waals surface area contributed by atoms with Crippen LogP contribution in [0.4, 0.5) is 11.4 Å². The van der Waals surface area contributed by atoms with Crippen molar-refractivity contribution in [2.45, 2.75) is 25.3 Å². The maximum atomic E-state index is 13.4. The summed E-state index contributed by atoms with van der Waals surface area (Å²) in [4.78, 5) is 17.8. The van der Waals surface area contributed by atoms with Crippen LogP contribution in [0.3, 0.4) is 0 Å². The average molecular weight is 472 g/mol. The number of anilines is 2. The lowest BCUT2D eigenvalue weighted by Gasteiger charge is -2.36. The number of benzene rings is 3. The smallest absolute Gasteiger partial charge is 0.227 e. The standard InChI is InChI=1S/C29H33N3O3/c1-34-27-11-8-22(17-28(27)35-2)16-23-18-29(33)32(20-21-6-4-3-5-7-21)26-10-9-24(19-25(23)26)31-14-12-30-13-15-31/h3-11,17,19,23,30H,12-16,18,20H2,1-2H3. The molecule has 2 aliphatic heterocycles. The molecule has 3 aromatic carbocycles. The molecule has 3 aromatic rings. The van der Waals surface area contributed by atoms with Gasteiger partial charge in [0.25, 0.3) is 0 Å². The average Bonchev–Trinajstić information content (AvgIpc) is 2.91. The molecule has 1 atom stereocenters. The van der Waals surface area contributed by atoms with Gasteiger partial charge in [-0.1, -0.05) is 36.4 Å². The SMILES string of the molecule is COc1ccc(CC2CC(=O)N(Cc3ccccc3)c3ccc(N4CCNCC4)cc32)cc1OC. The summed E-state index contributed by atoms with van der Waals surface area (Å²) in [6, 6.07) is 22.9. The Kier molecular flexibility index (Phi) is 6.91. The number of hydrogen-bond acceptors (Lipinski definition) is 5. The summed E-state index contributed by atoms with van der Waals surface area (Å²) in [6.07, 6.45) is 1.25. The number of hydrogen-bond donors (Lipinski definition) is 1. The quantitative estimate of drug-likeness (QED) is 0.554. The number of fused-ring (bicyclic) bond motifs is 1. The Labute approximate surface area is 207 Å². The lowest BCUT2D eigenvalue weighted by atomic mass is 9.84. The topological polar surface area (TPSA) is 54.0 Å². The van der Waals surface area contributed by atoms with Gasteiger partial charge in [0.05, 0.1) is 20.8 Å². The fourth-order valence-corrected chi connectivity index (χ4v) is 5.21. The molecule has 1 saturated heterocycles. The van der Waals surface area contributed by atoms with Crippen LogP contribution in [0.15, 0.2) is 66.7 Å². The van der Waals surface area contributed by atoms with Crippen molar-refractivity contribution in [1.29, 1.82) is 0 Å². The number of carbonyl (C=O) groups is 1. The van der Waals surface area contributed by atoms with Crippen molar-refractivity contribution in [2.24, 2.45) is 0 Å². The monoisotopic (exact) mass is 471 g/mol. The van der Waals surface area contributed by atoms with E-state index in [1.165, 1.54) is 11.3 Å². The van der Waals surface area contributed by atoms with Crippen LogP contribution in [0.5, 0.6) is 11.5 Å². The molecule has 2 heterocycles. The molecule has 1 fully saturated rings. The second-order valence-corrected chi connectivity index (χ2v) is 9.24. The van der Waals surface area contributed by atoms with Crippen LogP contribution >= 0.6 is 0 Å². The first-order valence-electron chi connectivity index (χ1n) is 12.3. The van der Waals surface area contributed by atoms with Crippen LogP contribution in [-0.2, 0) is 17.8 Å². The van der Waals surface area contributed by atoms with Gasteiger partial charge in [-0.25, -0.2) is 0 Å². The molecule has 0 aromatic heterocycles. The van der Waals surface area contributed by atoms with E-state index in [2.05, 4.69) is 46.6 Å². The second-order valence-electron chi connectivity index (χ2n) is 9.24. The highest BCUT2D eigenvalue weighted by atomic mass is 16.5. The number of amides is 1. The van der Waals surface area contributed by atoms with E-state index in [0.717, 1.165) is 49.4 Å². The summed E-state index contributed by atoms with van der Waals surface area (Å²) in [6.45, 7) is 4.55.